The third-order valence-corrected chi connectivity index (χ3v) is 10.1. The van der Waals surface area contributed by atoms with Crippen LogP contribution in [0.15, 0.2) is 140 Å². The van der Waals surface area contributed by atoms with Crippen molar-refractivity contribution in [1.29, 1.82) is 0 Å². The van der Waals surface area contributed by atoms with Crippen molar-refractivity contribution in [2.45, 2.75) is 44.2 Å². The number of thioether (sulfide) groups is 1. The van der Waals surface area contributed by atoms with Crippen molar-refractivity contribution in [2.75, 3.05) is 12.9 Å². The molecule has 54 heavy (non-hydrogen) atoms. The van der Waals surface area contributed by atoms with Crippen LogP contribution in [0.4, 0.5) is 0 Å². The van der Waals surface area contributed by atoms with E-state index >= 15 is 0 Å². The summed E-state index contributed by atoms with van der Waals surface area (Å²) in [6.45, 7) is 5.63. The Hall–Kier alpha value is -5.84. The molecule has 0 aliphatic heterocycles. The zero-order valence-corrected chi connectivity index (χ0v) is 31.6. The van der Waals surface area contributed by atoms with Gasteiger partial charge in [0.05, 0.1) is 12.4 Å². The van der Waals surface area contributed by atoms with Gasteiger partial charge in [0.15, 0.2) is 11.5 Å². The summed E-state index contributed by atoms with van der Waals surface area (Å²) in [7, 11) is 0. The molecule has 0 bridgehead atoms. The minimum absolute atomic E-state index is 0.216. The first-order valence-electron chi connectivity index (χ1n) is 17.9. The molecular weight excluding hydrogens is 693 g/mol. The minimum Gasteiger partial charge on any atom is -0.461 e. The van der Waals surface area contributed by atoms with E-state index in [9.17, 15) is 9.90 Å². The van der Waals surface area contributed by atoms with E-state index in [0.717, 1.165) is 38.9 Å². The Morgan fingerprint density at radius 3 is 1.81 bits per heavy atom. The van der Waals surface area contributed by atoms with Gasteiger partial charge in [-0.05, 0) is 70.8 Å². The summed E-state index contributed by atoms with van der Waals surface area (Å²) in [5.74, 6) is 1.38. The summed E-state index contributed by atoms with van der Waals surface area (Å²) in [6.07, 6.45) is 1.99. The van der Waals surface area contributed by atoms with Crippen LogP contribution in [0.5, 0.6) is 0 Å². The Morgan fingerprint density at radius 1 is 0.759 bits per heavy atom. The molecule has 10 heteroatoms. The lowest BCUT2D eigenvalue weighted by molar-refractivity contribution is 0.0469. The van der Waals surface area contributed by atoms with E-state index in [1.165, 1.54) is 0 Å². The van der Waals surface area contributed by atoms with Gasteiger partial charge in [0, 0.05) is 12.1 Å². The average Bonchev–Trinajstić information content (AvgIpc) is 3.83. The second-order valence-corrected chi connectivity index (χ2v) is 14.4. The highest BCUT2D eigenvalue weighted by Gasteiger charge is 2.42. The van der Waals surface area contributed by atoms with Crippen LogP contribution in [0.3, 0.4) is 0 Å². The van der Waals surface area contributed by atoms with Gasteiger partial charge in [-0.2, -0.15) is 11.8 Å². The molecule has 0 fully saturated rings. The molecule has 0 aliphatic rings. The summed E-state index contributed by atoms with van der Waals surface area (Å²) >= 11 is 1.60. The summed E-state index contributed by atoms with van der Waals surface area (Å²) in [5.41, 5.74) is 5.20. The van der Waals surface area contributed by atoms with Gasteiger partial charge < -0.3 is 14.4 Å². The number of tetrazole rings is 1. The first kappa shape index (κ1) is 36.5. The maximum absolute atomic E-state index is 13.3. The van der Waals surface area contributed by atoms with E-state index in [1.807, 2.05) is 82.2 Å². The van der Waals surface area contributed by atoms with Crippen LogP contribution in [-0.2, 0) is 28.2 Å². The Balaban J connectivity index is 1.33. The van der Waals surface area contributed by atoms with E-state index < -0.39 is 17.1 Å². The van der Waals surface area contributed by atoms with Gasteiger partial charge in [-0.25, -0.2) is 14.5 Å². The lowest BCUT2D eigenvalue weighted by Gasteiger charge is -2.36. The molecule has 7 rings (SSSR count). The van der Waals surface area contributed by atoms with Crippen molar-refractivity contribution in [3.63, 3.8) is 0 Å². The number of rotatable bonds is 13. The molecule has 0 spiro atoms. The number of imidazole rings is 1. The van der Waals surface area contributed by atoms with Crippen LogP contribution >= 0.6 is 11.8 Å². The molecule has 0 amide bonds. The molecule has 0 radical (unpaired) electrons. The summed E-state index contributed by atoms with van der Waals surface area (Å²) in [6, 6.07) is 47.5. The number of aliphatic hydroxyl groups is 1. The van der Waals surface area contributed by atoms with Gasteiger partial charge >= 0.3 is 5.97 Å². The van der Waals surface area contributed by atoms with Gasteiger partial charge in [0.2, 0.25) is 0 Å². The number of carbonyl (C=O) groups is 1. The second-order valence-electron chi connectivity index (χ2n) is 13.5. The predicted molar refractivity (Wildman–Crippen MR) is 213 cm³/mol. The first-order chi connectivity index (χ1) is 26.3. The van der Waals surface area contributed by atoms with Crippen molar-refractivity contribution in [3.05, 3.63) is 179 Å². The minimum atomic E-state index is -1.33. The molecule has 9 nitrogen and oxygen atoms in total. The molecule has 272 valence electrons. The zero-order chi connectivity index (χ0) is 37.7. The van der Waals surface area contributed by atoms with Crippen molar-refractivity contribution in [2.24, 2.45) is 0 Å². The van der Waals surface area contributed by atoms with Gasteiger partial charge in [-0.1, -0.05) is 140 Å². The summed E-state index contributed by atoms with van der Waals surface area (Å²) in [4.78, 5) is 18.0. The lowest BCUT2D eigenvalue weighted by atomic mass is 9.77. The van der Waals surface area contributed by atoms with E-state index in [2.05, 4.69) is 78.0 Å². The van der Waals surface area contributed by atoms with Crippen LogP contribution in [0.1, 0.15) is 65.0 Å². The number of aromatic nitrogens is 6. The molecule has 0 unspecified atom stereocenters. The maximum atomic E-state index is 13.3. The van der Waals surface area contributed by atoms with Gasteiger partial charge in [0.1, 0.15) is 22.7 Å². The number of hydrogen-bond acceptors (Lipinski definition) is 8. The fourth-order valence-electron chi connectivity index (χ4n) is 7.13. The van der Waals surface area contributed by atoms with Crippen molar-refractivity contribution < 1.29 is 14.6 Å². The van der Waals surface area contributed by atoms with Crippen molar-refractivity contribution in [1.82, 2.24) is 29.8 Å². The van der Waals surface area contributed by atoms with Crippen molar-refractivity contribution in [3.8, 4) is 22.5 Å². The Labute approximate surface area is 319 Å². The Kier molecular flexibility index (Phi) is 10.6. The molecule has 1 N–H and O–H groups in total. The standard InChI is InChI=1S/C44H42N6O3S/c1-5-53-42(51)39-40(43(2,3)52)45-38(30-54-4)49(39)29-31-25-27-32(28-26-31)36-23-15-16-24-37(36)41-46-47-48-50(41)44(33-17-9-6-10-18-33,34-19-11-7-12-20-34)35-21-13-8-14-22-35/h6-28,52H,5,29-30H2,1-4H3. The SMILES string of the molecule is CCOC(=O)c1c(C(C)(C)O)nc(CSC)n1Cc1ccc(-c2ccccc2-c2nnnn2C(c2ccccc2)(c2ccccc2)c2ccccc2)cc1. The monoisotopic (exact) mass is 734 g/mol. The van der Waals surface area contributed by atoms with Gasteiger partial charge in [-0.3, -0.25) is 0 Å². The lowest BCUT2D eigenvalue weighted by Crippen LogP contribution is -2.39. The highest BCUT2D eigenvalue weighted by molar-refractivity contribution is 7.97. The van der Waals surface area contributed by atoms with Crippen LogP contribution in [0.2, 0.25) is 0 Å². The van der Waals surface area contributed by atoms with Crippen LogP contribution in [-0.4, -0.2) is 53.7 Å². The Bertz CT molecular complexity index is 2240. The highest BCUT2D eigenvalue weighted by Crippen LogP contribution is 2.43. The quantitative estimate of drug-likeness (QED) is 0.0931. The largest absolute Gasteiger partial charge is 0.461 e. The average molecular weight is 735 g/mol. The van der Waals surface area contributed by atoms with E-state index in [0.29, 0.717) is 29.6 Å². The molecule has 7 aromatic rings. The molecule has 0 aliphatic carbocycles. The molecular formula is C44H42N6O3S. The van der Waals surface area contributed by atoms with Gasteiger partial charge in [0.25, 0.3) is 0 Å². The van der Waals surface area contributed by atoms with Crippen molar-refractivity contribution >= 4 is 17.7 Å². The fourth-order valence-corrected chi connectivity index (χ4v) is 7.61. The van der Waals surface area contributed by atoms with Crippen LogP contribution in [0, 0.1) is 0 Å². The number of benzene rings is 5. The smallest absolute Gasteiger partial charge is 0.357 e. The molecule has 2 heterocycles. The third-order valence-electron chi connectivity index (χ3n) is 9.50. The fraction of sp³-hybridized carbons (Fsp3) is 0.205. The number of esters is 1. The number of nitrogens with zero attached hydrogens (tertiary/aromatic N) is 6. The predicted octanol–water partition coefficient (Wildman–Crippen LogP) is 8.36. The molecule has 0 saturated heterocycles. The molecule has 0 atom stereocenters. The zero-order valence-electron chi connectivity index (χ0n) is 30.8. The highest BCUT2D eigenvalue weighted by atomic mass is 32.2. The van der Waals surface area contributed by atoms with E-state index in [1.54, 1.807) is 32.5 Å². The summed E-state index contributed by atoms with van der Waals surface area (Å²) < 4.78 is 9.26. The summed E-state index contributed by atoms with van der Waals surface area (Å²) in [5, 5.41) is 24.8. The Morgan fingerprint density at radius 2 is 1.30 bits per heavy atom. The van der Waals surface area contributed by atoms with Crippen LogP contribution < -0.4 is 0 Å². The van der Waals surface area contributed by atoms with E-state index in [-0.39, 0.29) is 12.3 Å². The number of hydrogen-bond donors (Lipinski definition) is 1. The van der Waals surface area contributed by atoms with Gasteiger partial charge in [-0.15, -0.1) is 5.10 Å². The van der Waals surface area contributed by atoms with Crippen LogP contribution in [0.25, 0.3) is 22.5 Å². The molecule has 2 aromatic heterocycles. The van der Waals surface area contributed by atoms with E-state index in [4.69, 9.17) is 20.0 Å². The maximum Gasteiger partial charge on any atom is 0.357 e. The number of carbonyl (C=O) groups excluding carboxylic acids is 1. The normalized spacial score (nSPS) is 11.8. The topological polar surface area (TPSA) is 108 Å². The second kappa shape index (κ2) is 15.6. The third kappa shape index (κ3) is 6.86. The number of ether oxygens (including phenoxy) is 1. The molecule has 0 saturated carbocycles. The molecule has 5 aromatic carbocycles. The first-order valence-corrected chi connectivity index (χ1v) is 19.3.